The fraction of sp³-hybridized carbons (Fsp3) is 0.400. The summed E-state index contributed by atoms with van der Waals surface area (Å²) < 4.78 is 1.63. The number of fused-ring (bicyclic) bond motifs is 1. The van der Waals surface area contributed by atoms with E-state index in [4.69, 9.17) is 0 Å². The predicted octanol–water partition coefficient (Wildman–Crippen LogP) is 0.867. The van der Waals surface area contributed by atoms with E-state index in [9.17, 15) is 9.59 Å². The van der Waals surface area contributed by atoms with Crippen LogP contribution < -0.4 is 10.9 Å². The van der Waals surface area contributed by atoms with Gasteiger partial charge in [-0.1, -0.05) is 0 Å². The Morgan fingerprint density at radius 1 is 1.50 bits per heavy atom. The van der Waals surface area contributed by atoms with Crippen molar-refractivity contribution in [2.45, 2.75) is 19.9 Å². The van der Waals surface area contributed by atoms with Gasteiger partial charge < -0.3 is 5.32 Å². The van der Waals surface area contributed by atoms with Crippen LogP contribution in [0.25, 0.3) is 0 Å². The van der Waals surface area contributed by atoms with Gasteiger partial charge in [-0.15, -0.1) is 0 Å². The monoisotopic (exact) mass is 192 g/mol. The lowest BCUT2D eigenvalue weighted by Crippen LogP contribution is -2.30. The summed E-state index contributed by atoms with van der Waals surface area (Å²) in [6.45, 7) is 3.03. The van der Waals surface area contributed by atoms with Gasteiger partial charge in [0, 0.05) is 19.2 Å². The maximum Gasteiger partial charge on any atom is 0.252 e. The quantitative estimate of drug-likeness (QED) is 0.671. The van der Waals surface area contributed by atoms with E-state index >= 15 is 0 Å². The molecule has 2 heterocycles. The fourth-order valence-corrected chi connectivity index (χ4v) is 1.72. The molecule has 1 aromatic rings. The second-order valence-corrected chi connectivity index (χ2v) is 3.42. The second kappa shape index (κ2) is 3.29. The summed E-state index contributed by atoms with van der Waals surface area (Å²) in [6, 6.07) is 3.04. The molecule has 0 saturated heterocycles. The van der Waals surface area contributed by atoms with E-state index < -0.39 is 0 Å². The van der Waals surface area contributed by atoms with Crippen molar-refractivity contribution >= 4 is 11.6 Å². The van der Waals surface area contributed by atoms with Gasteiger partial charge in [0.15, 0.2) is 5.78 Å². The molecule has 14 heavy (non-hydrogen) atoms. The van der Waals surface area contributed by atoms with Crippen LogP contribution in [0.1, 0.15) is 23.7 Å². The second-order valence-electron chi connectivity index (χ2n) is 3.42. The molecule has 0 unspecified atom stereocenters. The van der Waals surface area contributed by atoms with Crippen molar-refractivity contribution in [1.29, 1.82) is 0 Å². The molecule has 1 N–H and O–H groups in total. The molecule has 4 heteroatoms. The van der Waals surface area contributed by atoms with Crippen LogP contribution in [-0.2, 0) is 6.54 Å². The van der Waals surface area contributed by atoms with Gasteiger partial charge in [0.05, 0.1) is 5.56 Å². The number of carbonyl (C=O) groups excluding carboxylic acids is 1. The summed E-state index contributed by atoms with van der Waals surface area (Å²) in [5, 5.41) is 3.10. The molecule has 0 bridgehead atoms. The molecule has 0 atom stereocenters. The molecule has 0 spiro atoms. The molecule has 0 radical (unpaired) electrons. The highest BCUT2D eigenvalue weighted by Gasteiger charge is 2.15. The number of nitrogens with one attached hydrogen (secondary N) is 1. The number of ketones is 1. The maximum atomic E-state index is 11.5. The first-order chi connectivity index (χ1) is 6.70. The van der Waals surface area contributed by atoms with E-state index in [0.29, 0.717) is 17.9 Å². The molecule has 0 amide bonds. The van der Waals surface area contributed by atoms with Crippen molar-refractivity contribution in [2.24, 2.45) is 0 Å². The minimum absolute atomic E-state index is 0.0110. The SMILES string of the molecule is CC(=O)c1ccc(=O)n2c1NCCC2. The average Bonchev–Trinajstić information content (AvgIpc) is 2.18. The maximum absolute atomic E-state index is 11.5. The Kier molecular flexibility index (Phi) is 2.11. The summed E-state index contributed by atoms with van der Waals surface area (Å²) in [4.78, 5) is 22.7. The number of nitrogens with zero attached hydrogens (tertiary/aromatic N) is 1. The summed E-state index contributed by atoms with van der Waals surface area (Å²) in [6.07, 6.45) is 0.925. The largest absolute Gasteiger partial charge is 0.371 e. The zero-order valence-corrected chi connectivity index (χ0v) is 8.04. The summed E-state index contributed by atoms with van der Waals surface area (Å²) in [5.41, 5.74) is 0.557. The molecular formula is C10H12N2O2. The summed E-state index contributed by atoms with van der Waals surface area (Å²) in [7, 11) is 0. The van der Waals surface area contributed by atoms with Crippen LogP contribution in [0.15, 0.2) is 16.9 Å². The van der Waals surface area contributed by atoms with Crippen molar-refractivity contribution in [3.8, 4) is 0 Å². The van der Waals surface area contributed by atoms with Crippen LogP contribution in [0.5, 0.6) is 0 Å². The number of aromatic nitrogens is 1. The summed E-state index contributed by atoms with van der Waals surface area (Å²) >= 11 is 0. The number of pyridine rings is 1. The third-order valence-electron chi connectivity index (χ3n) is 2.41. The highest BCUT2D eigenvalue weighted by Crippen LogP contribution is 2.17. The number of rotatable bonds is 1. The molecule has 1 aliphatic heterocycles. The van der Waals surface area contributed by atoms with E-state index in [1.54, 1.807) is 10.6 Å². The lowest BCUT2D eigenvalue weighted by atomic mass is 10.1. The Morgan fingerprint density at radius 2 is 2.29 bits per heavy atom. The molecular weight excluding hydrogens is 180 g/mol. The third-order valence-corrected chi connectivity index (χ3v) is 2.41. The summed E-state index contributed by atoms with van der Waals surface area (Å²) in [5.74, 6) is 0.666. The molecule has 1 aromatic heterocycles. The lowest BCUT2D eigenvalue weighted by Gasteiger charge is -2.21. The first kappa shape index (κ1) is 8.99. The number of Topliss-reactive ketones (excluding diaryl/α,β-unsaturated/α-hetero) is 1. The molecule has 0 aliphatic carbocycles. The van der Waals surface area contributed by atoms with Crippen molar-refractivity contribution in [2.75, 3.05) is 11.9 Å². The van der Waals surface area contributed by atoms with Gasteiger partial charge in [-0.2, -0.15) is 0 Å². The van der Waals surface area contributed by atoms with Crippen molar-refractivity contribution in [1.82, 2.24) is 4.57 Å². The predicted molar refractivity (Wildman–Crippen MR) is 53.8 cm³/mol. The van der Waals surface area contributed by atoms with Crippen LogP contribution in [0, 0.1) is 0 Å². The lowest BCUT2D eigenvalue weighted by molar-refractivity contribution is 0.101. The van der Waals surface area contributed by atoms with Gasteiger partial charge in [0.1, 0.15) is 5.82 Å². The van der Waals surface area contributed by atoms with Gasteiger partial charge in [0.25, 0.3) is 5.56 Å². The Balaban J connectivity index is 2.65. The van der Waals surface area contributed by atoms with E-state index in [0.717, 1.165) is 13.0 Å². The number of carbonyl (C=O) groups is 1. The van der Waals surface area contributed by atoms with Crippen molar-refractivity contribution in [3.05, 3.63) is 28.0 Å². The van der Waals surface area contributed by atoms with E-state index in [1.807, 2.05) is 0 Å². The van der Waals surface area contributed by atoms with Crippen molar-refractivity contribution < 1.29 is 4.79 Å². The van der Waals surface area contributed by atoms with Crippen molar-refractivity contribution in [3.63, 3.8) is 0 Å². The zero-order chi connectivity index (χ0) is 10.1. The number of hydrogen-bond donors (Lipinski definition) is 1. The van der Waals surface area contributed by atoms with Gasteiger partial charge in [-0.25, -0.2) is 0 Å². The third kappa shape index (κ3) is 1.32. The first-order valence-electron chi connectivity index (χ1n) is 4.69. The molecule has 2 rings (SSSR count). The molecule has 0 fully saturated rings. The molecule has 4 nitrogen and oxygen atoms in total. The zero-order valence-electron chi connectivity index (χ0n) is 8.04. The number of hydrogen-bond acceptors (Lipinski definition) is 3. The van der Waals surface area contributed by atoms with Crippen LogP contribution in [0.4, 0.5) is 5.82 Å². The topological polar surface area (TPSA) is 51.1 Å². The Hall–Kier alpha value is -1.58. The molecule has 0 saturated carbocycles. The highest BCUT2D eigenvalue weighted by atomic mass is 16.1. The molecule has 1 aliphatic rings. The van der Waals surface area contributed by atoms with Crippen LogP contribution in [0.2, 0.25) is 0 Å². The van der Waals surface area contributed by atoms with Crippen LogP contribution in [-0.4, -0.2) is 16.9 Å². The Bertz CT molecular complexity index is 434. The highest BCUT2D eigenvalue weighted by molar-refractivity contribution is 5.98. The van der Waals surface area contributed by atoms with Gasteiger partial charge >= 0.3 is 0 Å². The standard InChI is InChI=1S/C10H12N2O2/c1-7(13)8-3-4-9(14)12-6-2-5-11-10(8)12/h3-4,11H,2,5-6H2,1H3. The minimum atomic E-state index is -0.0443. The molecule has 74 valence electrons. The Morgan fingerprint density at radius 3 is 3.00 bits per heavy atom. The normalized spacial score (nSPS) is 14.4. The average molecular weight is 192 g/mol. The number of anilines is 1. The molecule has 0 aromatic carbocycles. The van der Waals surface area contributed by atoms with E-state index in [2.05, 4.69) is 5.32 Å². The van der Waals surface area contributed by atoms with Crippen LogP contribution in [0.3, 0.4) is 0 Å². The fourth-order valence-electron chi connectivity index (χ4n) is 1.72. The van der Waals surface area contributed by atoms with Gasteiger partial charge in [0.2, 0.25) is 0 Å². The smallest absolute Gasteiger partial charge is 0.252 e. The van der Waals surface area contributed by atoms with Crippen LogP contribution >= 0.6 is 0 Å². The van der Waals surface area contributed by atoms with Gasteiger partial charge in [-0.3, -0.25) is 14.2 Å². The van der Waals surface area contributed by atoms with E-state index in [1.165, 1.54) is 13.0 Å². The van der Waals surface area contributed by atoms with Gasteiger partial charge in [-0.05, 0) is 19.4 Å². The minimum Gasteiger partial charge on any atom is -0.371 e. The first-order valence-corrected chi connectivity index (χ1v) is 4.69. The Labute approximate surface area is 81.6 Å². The van der Waals surface area contributed by atoms with E-state index in [-0.39, 0.29) is 11.3 Å².